The average molecular weight is 309 g/mol. The minimum atomic E-state index is -0.0179. The number of aromatic amines is 1. The number of urea groups is 1. The summed E-state index contributed by atoms with van der Waals surface area (Å²) in [7, 11) is 1.68. The predicted molar refractivity (Wildman–Crippen MR) is 84.6 cm³/mol. The highest BCUT2D eigenvalue weighted by Gasteiger charge is 2.30. The van der Waals surface area contributed by atoms with E-state index >= 15 is 0 Å². The number of nitrogens with zero attached hydrogens (tertiary/aromatic N) is 2. The van der Waals surface area contributed by atoms with Gasteiger partial charge in [-0.2, -0.15) is 5.10 Å². The molecule has 2 amide bonds. The van der Waals surface area contributed by atoms with E-state index in [2.05, 4.69) is 34.7 Å². The maximum absolute atomic E-state index is 12.4. The van der Waals surface area contributed by atoms with Crippen LogP contribution in [0.3, 0.4) is 0 Å². The average Bonchev–Trinajstić information content (AvgIpc) is 2.82. The van der Waals surface area contributed by atoms with Crippen molar-refractivity contribution in [1.82, 2.24) is 25.7 Å². The van der Waals surface area contributed by atoms with Gasteiger partial charge >= 0.3 is 6.03 Å². The number of carbonyl (C=O) groups is 1. The summed E-state index contributed by atoms with van der Waals surface area (Å²) in [6, 6.07) is -0.0179. The third kappa shape index (κ3) is 4.71. The Labute approximate surface area is 131 Å². The van der Waals surface area contributed by atoms with Crippen molar-refractivity contribution in [2.24, 2.45) is 5.41 Å². The first-order valence-corrected chi connectivity index (χ1v) is 7.75. The molecule has 22 heavy (non-hydrogen) atoms. The van der Waals surface area contributed by atoms with Gasteiger partial charge in [-0.15, -0.1) is 0 Å². The van der Waals surface area contributed by atoms with E-state index in [0.717, 1.165) is 37.3 Å². The molecule has 0 fully saturated rings. The third-order valence-electron chi connectivity index (χ3n) is 3.79. The molecular formula is C15H27N5O2. The molecule has 0 radical (unpaired) electrons. The lowest BCUT2D eigenvalue weighted by atomic mass is 9.88. The monoisotopic (exact) mass is 309 g/mol. The second-order valence-corrected chi connectivity index (χ2v) is 6.55. The van der Waals surface area contributed by atoms with Crippen molar-refractivity contribution in [2.45, 2.75) is 26.8 Å². The number of hydrogen-bond donors (Lipinski definition) is 3. The lowest BCUT2D eigenvalue weighted by Gasteiger charge is -2.29. The third-order valence-corrected chi connectivity index (χ3v) is 3.79. The summed E-state index contributed by atoms with van der Waals surface area (Å²) in [5, 5.41) is 13.3. The Bertz CT molecular complexity index is 486. The lowest BCUT2D eigenvalue weighted by molar-refractivity contribution is 0.168. The van der Waals surface area contributed by atoms with Crippen molar-refractivity contribution in [2.75, 3.05) is 39.9 Å². The summed E-state index contributed by atoms with van der Waals surface area (Å²) < 4.78 is 4.96. The maximum Gasteiger partial charge on any atom is 0.317 e. The van der Waals surface area contributed by atoms with Gasteiger partial charge in [-0.3, -0.25) is 5.10 Å². The molecule has 124 valence electrons. The van der Waals surface area contributed by atoms with Gasteiger partial charge in [-0.1, -0.05) is 13.8 Å². The van der Waals surface area contributed by atoms with Crippen LogP contribution in [0.4, 0.5) is 4.79 Å². The van der Waals surface area contributed by atoms with Crippen molar-refractivity contribution >= 4 is 6.03 Å². The molecule has 1 aliphatic heterocycles. The summed E-state index contributed by atoms with van der Waals surface area (Å²) in [6.07, 6.45) is 2.73. The van der Waals surface area contributed by atoms with Crippen LogP contribution in [-0.4, -0.2) is 61.0 Å². The number of aromatic nitrogens is 2. The van der Waals surface area contributed by atoms with Gasteiger partial charge in [0.25, 0.3) is 0 Å². The molecule has 0 aromatic carbocycles. The highest BCUT2D eigenvalue weighted by atomic mass is 16.5. The van der Waals surface area contributed by atoms with Crippen molar-refractivity contribution in [3.05, 3.63) is 17.5 Å². The quantitative estimate of drug-likeness (QED) is 0.677. The molecule has 0 atom stereocenters. The molecule has 7 nitrogen and oxygen atoms in total. The van der Waals surface area contributed by atoms with E-state index in [4.69, 9.17) is 4.74 Å². The number of carbonyl (C=O) groups excluding carboxylic acids is 1. The molecule has 2 heterocycles. The molecule has 0 bridgehead atoms. The van der Waals surface area contributed by atoms with Crippen LogP contribution in [0.5, 0.6) is 0 Å². The van der Waals surface area contributed by atoms with Crippen LogP contribution >= 0.6 is 0 Å². The summed E-state index contributed by atoms with van der Waals surface area (Å²) in [4.78, 5) is 14.3. The van der Waals surface area contributed by atoms with Crippen molar-refractivity contribution < 1.29 is 9.53 Å². The lowest BCUT2D eigenvalue weighted by Crippen LogP contribution is -2.45. The van der Waals surface area contributed by atoms with Gasteiger partial charge in [-0.25, -0.2) is 4.79 Å². The van der Waals surface area contributed by atoms with Crippen LogP contribution in [0.1, 0.15) is 25.1 Å². The highest BCUT2D eigenvalue weighted by molar-refractivity contribution is 5.74. The van der Waals surface area contributed by atoms with Gasteiger partial charge in [0.15, 0.2) is 0 Å². The molecule has 1 aromatic rings. The minimum Gasteiger partial charge on any atom is -0.383 e. The smallest absolute Gasteiger partial charge is 0.317 e. The van der Waals surface area contributed by atoms with Crippen molar-refractivity contribution in [3.8, 4) is 0 Å². The predicted octanol–water partition coefficient (Wildman–Crippen LogP) is 0.740. The zero-order valence-corrected chi connectivity index (χ0v) is 13.7. The molecule has 0 spiro atoms. The van der Waals surface area contributed by atoms with Crippen molar-refractivity contribution in [1.29, 1.82) is 0 Å². The van der Waals surface area contributed by atoms with Gasteiger partial charge in [-0.05, 0) is 11.8 Å². The molecule has 3 N–H and O–H groups in total. The van der Waals surface area contributed by atoms with Crippen LogP contribution in [-0.2, 0) is 17.7 Å². The van der Waals surface area contributed by atoms with E-state index in [-0.39, 0.29) is 11.4 Å². The summed E-state index contributed by atoms with van der Waals surface area (Å²) in [5.74, 6) is 0. The molecule has 7 heteroatoms. The number of amides is 2. The highest BCUT2D eigenvalue weighted by Crippen LogP contribution is 2.28. The first-order valence-electron chi connectivity index (χ1n) is 7.75. The Morgan fingerprint density at radius 1 is 1.45 bits per heavy atom. The Hall–Kier alpha value is -1.60. The van der Waals surface area contributed by atoms with E-state index < -0.39 is 0 Å². The number of nitrogens with one attached hydrogen (secondary N) is 3. The first-order chi connectivity index (χ1) is 10.5. The van der Waals surface area contributed by atoms with E-state index in [1.165, 1.54) is 0 Å². The molecular weight excluding hydrogens is 282 g/mol. The number of fused-ring (bicyclic) bond motifs is 1. The number of hydrogen-bond acceptors (Lipinski definition) is 4. The van der Waals surface area contributed by atoms with Crippen LogP contribution in [0.2, 0.25) is 0 Å². The maximum atomic E-state index is 12.4. The van der Waals surface area contributed by atoms with Crippen LogP contribution in [0, 0.1) is 5.41 Å². The number of H-pyrrole nitrogens is 1. The molecule has 0 aliphatic carbocycles. The topological polar surface area (TPSA) is 82.3 Å². The first kappa shape index (κ1) is 16.8. The zero-order chi connectivity index (χ0) is 16.0. The van der Waals surface area contributed by atoms with E-state index in [0.29, 0.717) is 19.7 Å². The Balaban J connectivity index is 1.84. The van der Waals surface area contributed by atoms with Gasteiger partial charge in [0.2, 0.25) is 0 Å². The van der Waals surface area contributed by atoms with E-state index in [1.54, 1.807) is 7.11 Å². The van der Waals surface area contributed by atoms with E-state index in [1.807, 2.05) is 11.1 Å². The minimum absolute atomic E-state index is 0.0179. The second kappa shape index (κ2) is 7.60. The fourth-order valence-electron chi connectivity index (χ4n) is 2.75. The summed E-state index contributed by atoms with van der Waals surface area (Å²) >= 11 is 0. The molecule has 1 aliphatic rings. The molecule has 2 rings (SSSR count). The summed E-state index contributed by atoms with van der Waals surface area (Å²) in [5.41, 5.74) is 2.28. The summed E-state index contributed by atoms with van der Waals surface area (Å²) in [6.45, 7) is 8.52. The Kier molecular flexibility index (Phi) is 5.79. The Morgan fingerprint density at radius 3 is 3.05 bits per heavy atom. The second-order valence-electron chi connectivity index (χ2n) is 6.55. The number of rotatable bonds is 6. The fraction of sp³-hybridized carbons (Fsp3) is 0.733. The SMILES string of the molecule is COCCNCCNC(=O)N1Cc2cn[nH]c2CC(C)(C)C1. The molecule has 1 aromatic heterocycles. The van der Waals surface area contributed by atoms with Gasteiger partial charge in [0, 0.05) is 44.5 Å². The van der Waals surface area contributed by atoms with Crippen LogP contribution in [0.15, 0.2) is 6.20 Å². The normalized spacial score (nSPS) is 17.0. The largest absolute Gasteiger partial charge is 0.383 e. The molecule has 0 unspecified atom stereocenters. The molecule has 0 saturated carbocycles. The van der Waals surface area contributed by atoms with E-state index in [9.17, 15) is 4.79 Å². The van der Waals surface area contributed by atoms with Gasteiger partial charge in [0.05, 0.1) is 19.3 Å². The zero-order valence-electron chi connectivity index (χ0n) is 13.7. The fourth-order valence-corrected chi connectivity index (χ4v) is 2.75. The molecule has 0 saturated heterocycles. The van der Waals surface area contributed by atoms with Crippen molar-refractivity contribution in [3.63, 3.8) is 0 Å². The van der Waals surface area contributed by atoms with Crippen LogP contribution in [0.25, 0.3) is 0 Å². The number of methoxy groups -OCH3 is 1. The standard InChI is InChI=1S/C15H27N5O2/c1-15(2)8-13-12(9-18-19-13)10-20(11-15)14(21)17-5-4-16-6-7-22-3/h9,16H,4-8,10-11H2,1-3H3,(H,17,21)(H,18,19). The number of ether oxygens (including phenoxy) is 1. The van der Waals surface area contributed by atoms with Gasteiger partial charge in [0.1, 0.15) is 0 Å². The van der Waals surface area contributed by atoms with Gasteiger partial charge < -0.3 is 20.3 Å². The Morgan fingerprint density at radius 2 is 2.27 bits per heavy atom. The van der Waals surface area contributed by atoms with Crippen LogP contribution < -0.4 is 10.6 Å².